The maximum Gasteiger partial charge on any atom is 0.339 e. The third kappa shape index (κ3) is 3.26. The van der Waals surface area contributed by atoms with Gasteiger partial charge in [-0.25, -0.2) is 4.79 Å². The van der Waals surface area contributed by atoms with E-state index in [2.05, 4.69) is 21.4 Å². The van der Waals surface area contributed by atoms with Gasteiger partial charge in [0, 0.05) is 24.5 Å². The minimum atomic E-state index is -1.08. The Kier molecular flexibility index (Phi) is 4.57. The van der Waals surface area contributed by atoms with Crippen LogP contribution in [-0.2, 0) is 0 Å². The Balaban J connectivity index is 2.14. The second kappa shape index (κ2) is 6.97. The lowest BCUT2D eigenvalue weighted by atomic mass is 9.96. The summed E-state index contributed by atoms with van der Waals surface area (Å²) in [7, 11) is 0. The Hall–Kier alpha value is -3.46. The lowest BCUT2D eigenvalue weighted by molar-refractivity contribution is 0.0697. The Labute approximate surface area is 144 Å². The molecule has 0 spiro atoms. The topological polar surface area (TPSA) is 98.9 Å². The smallest absolute Gasteiger partial charge is 0.339 e. The fourth-order valence-corrected chi connectivity index (χ4v) is 2.73. The van der Waals surface area contributed by atoms with Crippen molar-refractivity contribution >= 4 is 28.4 Å². The molecule has 124 valence electrons. The number of nitriles is 1. The summed E-state index contributed by atoms with van der Waals surface area (Å²) in [5.74, 6) is -1.06. The van der Waals surface area contributed by atoms with Crippen molar-refractivity contribution in [3.8, 4) is 6.07 Å². The van der Waals surface area contributed by atoms with E-state index in [-0.39, 0.29) is 11.5 Å². The van der Waals surface area contributed by atoms with Crippen LogP contribution in [0.25, 0.3) is 11.0 Å². The molecular weight excluding hydrogens is 316 g/mol. The summed E-state index contributed by atoms with van der Waals surface area (Å²) in [6.07, 6.45) is 3.31. The summed E-state index contributed by atoms with van der Waals surface area (Å²) in [4.78, 5) is 20.1. The molecule has 6 heteroatoms. The van der Waals surface area contributed by atoms with Crippen LogP contribution in [0.15, 0.2) is 48.8 Å². The summed E-state index contributed by atoms with van der Waals surface area (Å²) < 4.78 is 0. The number of fused-ring (bicyclic) bond motifs is 1. The summed E-state index contributed by atoms with van der Waals surface area (Å²) in [6, 6.07) is 13.3. The van der Waals surface area contributed by atoms with E-state index in [1.54, 1.807) is 18.3 Å². The van der Waals surface area contributed by atoms with Crippen molar-refractivity contribution in [2.75, 3.05) is 5.32 Å². The summed E-state index contributed by atoms with van der Waals surface area (Å²) >= 11 is 0. The standard InChI is InChI=1S/C19H16N4O2/c1-12(8-9-20)13-5-2-3-6-15(13)23-17-14(19(24)25)11-22-16-7-4-10-21-18(16)17/h2-7,10-12H,8H2,1H3,(H,22,23)(H,24,25). The number of anilines is 2. The fraction of sp³-hybridized carbons (Fsp3) is 0.158. The quantitative estimate of drug-likeness (QED) is 0.730. The molecule has 3 rings (SSSR count). The fourth-order valence-electron chi connectivity index (χ4n) is 2.73. The Morgan fingerprint density at radius 2 is 2.08 bits per heavy atom. The van der Waals surface area contributed by atoms with Crippen LogP contribution in [0.3, 0.4) is 0 Å². The van der Waals surface area contributed by atoms with Gasteiger partial charge in [-0.2, -0.15) is 5.26 Å². The SMILES string of the molecule is CC(CC#N)c1ccccc1Nc1c(C(=O)O)cnc2cccnc12. The highest BCUT2D eigenvalue weighted by Gasteiger charge is 2.18. The number of rotatable bonds is 5. The molecule has 0 bridgehead atoms. The lowest BCUT2D eigenvalue weighted by Crippen LogP contribution is -2.07. The molecule has 1 atom stereocenters. The molecule has 0 fully saturated rings. The monoisotopic (exact) mass is 332 g/mol. The van der Waals surface area contributed by atoms with E-state index in [0.29, 0.717) is 23.1 Å². The van der Waals surface area contributed by atoms with Gasteiger partial charge in [0.15, 0.2) is 0 Å². The van der Waals surface area contributed by atoms with E-state index in [0.717, 1.165) is 11.3 Å². The zero-order valence-electron chi connectivity index (χ0n) is 13.6. The first-order chi connectivity index (χ1) is 12.1. The first kappa shape index (κ1) is 16.4. The minimum Gasteiger partial charge on any atom is -0.478 e. The van der Waals surface area contributed by atoms with Crippen molar-refractivity contribution in [2.45, 2.75) is 19.3 Å². The van der Waals surface area contributed by atoms with E-state index in [1.807, 2.05) is 31.2 Å². The Morgan fingerprint density at radius 1 is 1.28 bits per heavy atom. The number of carboxylic acid groups (broad SMARTS) is 1. The van der Waals surface area contributed by atoms with E-state index in [9.17, 15) is 9.90 Å². The van der Waals surface area contributed by atoms with Crippen LogP contribution in [0.2, 0.25) is 0 Å². The van der Waals surface area contributed by atoms with Crippen LogP contribution in [0, 0.1) is 11.3 Å². The van der Waals surface area contributed by atoms with Crippen LogP contribution in [-0.4, -0.2) is 21.0 Å². The van der Waals surface area contributed by atoms with Gasteiger partial charge >= 0.3 is 5.97 Å². The van der Waals surface area contributed by atoms with Crippen molar-refractivity contribution < 1.29 is 9.90 Å². The highest BCUT2D eigenvalue weighted by atomic mass is 16.4. The number of benzene rings is 1. The molecule has 1 unspecified atom stereocenters. The van der Waals surface area contributed by atoms with Gasteiger partial charge in [0.05, 0.1) is 17.3 Å². The summed E-state index contributed by atoms with van der Waals surface area (Å²) in [6.45, 7) is 1.96. The molecule has 0 aliphatic heterocycles. The van der Waals surface area contributed by atoms with Crippen LogP contribution in [0.1, 0.15) is 35.2 Å². The van der Waals surface area contributed by atoms with Crippen molar-refractivity contribution in [3.63, 3.8) is 0 Å². The maximum atomic E-state index is 11.6. The van der Waals surface area contributed by atoms with Crippen LogP contribution >= 0.6 is 0 Å². The average Bonchev–Trinajstić information content (AvgIpc) is 2.62. The van der Waals surface area contributed by atoms with E-state index in [1.165, 1.54) is 6.20 Å². The van der Waals surface area contributed by atoms with Gasteiger partial charge in [-0.1, -0.05) is 25.1 Å². The van der Waals surface area contributed by atoms with Gasteiger partial charge in [-0.3, -0.25) is 9.97 Å². The second-order valence-corrected chi connectivity index (χ2v) is 5.70. The van der Waals surface area contributed by atoms with Gasteiger partial charge in [0.1, 0.15) is 11.1 Å². The maximum absolute atomic E-state index is 11.6. The second-order valence-electron chi connectivity index (χ2n) is 5.70. The number of pyridine rings is 2. The molecule has 0 aliphatic carbocycles. The highest BCUT2D eigenvalue weighted by molar-refractivity contribution is 6.03. The number of carboxylic acids is 1. The highest BCUT2D eigenvalue weighted by Crippen LogP contribution is 2.32. The zero-order chi connectivity index (χ0) is 17.8. The molecule has 1 aromatic carbocycles. The molecule has 2 aromatic heterocycles. The lowest BCUT2D eigenvalue weighted by Gasteiger charge is -2.17. The van der Waals surface area contributed by atoms with Crippen LogP contribution < -0.4 is 5.32 Å². The van der Waals surface area contributed by atoms with Gasteiger partial charge in [-0.05, 0) is 29.7 Å². The largest absolute Gasteiger partial charge is 0.478 e. The van der Waals surface area contributed by atoms with Crippen LogP contribution in [0.5, 0.6) is 0 Å². The molecular formula is C19H16N4O2. The van der Waals surface area contributed by atoms with Crippen molar-refractivity contribution in [3.05, 3.63) is 59.9 Å². The van der Waals surface area contributed by atoms with Crippen molar-refractivity contribution in [1.29, 1.82) is 5.26 Å². The third-order valence-electron chi connectivity index (χ3n) is 4.00. The molecule has 0 amide bonds. The Bertz CT molecular complexity index is 979. The number of hydrogen-bond donors (Lipinski definition) is 2. The first-order valence-corrected chi connectivity index (χ1v) is 7.81. The molecule has 0 saturated heterocycles. The minimum absolute atomic E-state index is 0.0167. The third-order valence-corrected chi connectivity index (χ3v) is 4.00. The van der Waals surface area contributed by atoms with Gasteiger partial charge in [-0.15, -0.1) is 0 Å². The molecule has 2 N–H and O–H groups in total. The van der Waals surface area contributed by atoms with Crippen molar-refractivity contribution in [1.82, 2.24) is 9.97 Å². The average molecular weight is 332 g/mol. The number of para-hydroxylation sites is 1. The van der Waals surface area contributed by atoms with Gasteiger partial charge in [0.2, 0.25) is 0 Å². The predicted molar refractivity (Wildman–Crippen MR) is 94.9 cm³/mol. The molecule has 0 saturated carbocycles. The number of nitrogens with zero attached hydrogens (tertiary/aromatic N) is 3. The molecule has 0 radical (unpaired) electrons. The molecule has 25 heavy (non-hydrogen) atoms. The van der Waals surface area contributed by atoms with E-state index < -0.39 is 5.97 Å². The Morgan fingerprint density at radius 3 is 2.84 bits per heavy atom. The van der Waals surface area contributed by atoms with E-state index >= 15 is 0 Å². The molecule has 2 heterocycles. The van der Waals surface area contributed by atoms with Gasteiger partial charge in [0.25, 0.3) is 0 Å². The molecule has 3 aromatic rings. The number of nitrogens with one attached hydrogen (secondary N) is 1. The number of hydrogen-bond acceptors (Lipinski definition) is 5. The van der Waals surface area contributed by atoms with Gasteiger partial charge < -0.3 is 10.4 Å². The normalized spacial score (nSPS) is 11.7. The first-order valence-electron chi connectivity index (χ1n) is 7.81. The number of carbonyl (C=O) groups is 1. The molecule has 0 aliphatic rings. The van der Waals surface area contributed by atoms with E-state index in [4.69, 9.17) is 5.26 Å². The summed E-state index contributed by atoms with van der Waals surface area (Å²) in [5, 5.41) is 21.7. The summed E-state index contributed by atoms with van der Waals surface area (Å²) in [5.41, 5.74) is 3.25. The van der Waals surface area contributed by atoms with Crippen LogP contribution in [0.4, 0.5) is 11.4 Å². The van der Waals surface area contributed by atoms with Crippen molar-refractivity contribution in [2.24, 2.45) is 0 Å². The molecule has 6 nitrogen and oxygen atoms in total. The zero-order valence-corrected chi connectivity index (χ0v) is 13.6. The number of aromatic nitrogens is 2. The number of aromatic carboxylic acids is 1. The predicted octanol–water partition coefficient (Wildman–Crippen LogP) is 4.09.